The van der Waals surface area contributed by atoms with Crippen LogP contribution in [0.1, 0.15) is 66.4 Å². The van der Waals surface area contributed by atoms with E-state index in [-0.39, 0.29) is 31.2 Å². The maximum Gasteiger partial charge on any atom is 0.501 e. The fourth-order valence-corrected chi connectivity index (χ4v) is 6.39. The van der Waals surface area contributed by atoms with Crippen molar-refractivity contribution < 1.29 is 35.2 Å². The highest BCUT2D eigenvalue weighted by Crippen LogP contribution is 2.27. The fourth-order valence-electron chi connectivity index (χ4n) is 3.03. The third kappa shape index (κ3) is 7.62. The van der Waals surface area contributed by atoms with Crippen molar-refractivity contribution >= 4 is 8.80 Å². The maximum absolute atomic E-state index is 13.8. The van der Waals surface area contributed by atoms with Crippen molar-refractivity contribution in [2.75, 3.05) is 0 Å². The lowest BCUT2D eigenvalue weighted by molar-refractivity contribution is 0.00278. The Labute approximate surface area is 170 Å². The summed E-state index contributed by atoms with van der Waals surface area (Å²) in [5, 5.41) is 0. The van der Waals surface area contributed by atoms with Gasteiger partial charge in [-0.05, 0) is 60.8 Å². The Morgan fingerprint density at radius 1 is 0.586 bits per heavy atom. The van der Waals surface area contributed by atoms with Crippen LogP contribution in [0.2, 0.25) is 6.04 Å². The lowest BCUT2D eigenvalue weighted by atomic mass is 10.1. The molecule has 0 amide bonds. The minimum atomic E-state index is -2.98. The van der Waals surface area contributed by atoms with Crippen LogP contribution < -0.4 is 0 Å². The van der Waals surface area contributed by atoms with Crippen molar-refractivity contribution in [2.45, 2.75) is 91.6 Å². The molecule has 0 heterocycles. The summed E-state index contributed by atoms with van der Waals surface area (Å²) in [5.41, 5.74) is -0.778. The molecule has 0 unspecified atom stereocenters. The van der Waals surface area contributed by atoms with E-state index >= 15 is 0 Å². The second kappa shape index (κ2) is 11.4. The van der Waals surface area contributed by atoms with E-state index < -0.39 is 43.5 Å². The molecular formula is C20H31F5O3Si. The standard InChI is InChI=1S/C20H31F5O3Si/c1-12(2)26-29(27-13(3)4,28-14(5)6)11-9-7-8-10-15-16(21)18(23)20(25)19(24)17(15)22/h12-14H,7-11H2,1-6H3. The molecule has 0 saturated heterocycles. The van der Waals surface area contributed by atoms with Crippen molar-refractivity contribution in [3.63, 3.8) is 0 Å². The first-order chi connectivity index (χ1) is 13.4. The molecule has 0 aliphatic rings. The van der Waals surface area contributed by atoms with Crippen molar-refractivity contribution in [3.8, 4) is 0 Å². The smallest absolute Gasteiger partial charge is 0.371 e. The minimum absolute atomic E-state index is 0.104. The van der Waals surface area contributed by atoms with E-state index in [1.165, 1.54) is 0 Å². The van der Waals surface area contributed by atoms with Gasteiger partial charge in [0.2, 0.25) is 5.82 Å². The third-order valence-electron chi connectivity index (χ3n) is 3.96. The summed E-state index contributed by atoms with van der Waals surface area (Å²) < 4.78 is 85.3. The van der Waals surface area contributed by atoms with E-state index in [0.29, 0.717) is 18.9 Å². The van der Waals surface area contributed by atoms with Crippen LogP contribution >= 0.6 is 0 Å². The highest BCUT2D eigenvalue weighted by atomic mass is 28.4. The van der Waals surface area contributed by atoms with Gasteiger partial charge in [0.1, 0.15) is 0 Å². The quantitative estimate of drug-likeness (QED) is 0.125. The Kier molecular flexibility index (Phi) is 10.2. The van der Waals surface area contributed by atoms with Gasteiger partial charge in [-0.2, -0.15) is 0 Å². The Bertz CT molecular complexity index is 612. The number of halogens is 5. The van der Waals surface area contributed by atoms with Gasteiger partial charge in [-0.1, -0.05) is 6.42 Å². The second-order valence-corrected chi connectivity index (χ2v) is 10.4. The van der Waals surface area contributed by atoms with E-state index in [0.717, 1.165) is 0 Å². The molecule has 168 valence electrons. The summed E-state index contributed by atoms with van der Waals surface area (Å²) in [6.45, 7) is 11.3. The van der Waals surface area contributed by atoms with Crippen molar-refractivity contribution in [1.82, 2.24) is 0 Å². The predicted molar refractivity (Wildman–Crippen MR) is 103 cm³/mol. The second-order valence-electron chi connectivity index (χ2n) is 7.79. The minimum Gasteiger partial charge on any atom is -0.371 e. The van der Waals surface area contributed by atoms with Crippen molar-refractivity contribution in [1.29, 1.82) is 0 Å². The van der Waals surface area contributed by atoms with Gasteiger partial charge in [0.15, 0.2) is 23.3 Å². The Hall–Kier alpha value is -1.03. The van der Waals surface area contributed by atoms with E-state index in [4.69, 9.17) is 13.3 Å². The monoisotopic (exact) mass is 442 g/mol. The molecule has 0 radical (unpaired) electrons. The van der Waals surface area contributed by atoms with Gasteiger partial charge in [-0.3, -0.25) is 0 Å². The summed E-state index contributed by atoms with van der Waals surface area (Å²) >= 11 is 0. The molecule has 0 aromatic heterocycles. The molecule has 1 aromatic rings. The average molecular weight is 443 g/mol. The zero-order valence-electron chi connectivity index (χ0n) is 17.9. The number of hydrogen-bond donors (Lipinski definition) is 0. The van der Waals surface area contributed by atoms with Gasteiger partial charge in [-0.15, -0.1) is 0 Å². The summed E-state index contributed by atoms with van der Waals surface area (Å²) in [7, 11) is -2.98. The van der Waals surface area contributed by atoms with E-state index in [1.54, 1.807) is 0 Å². The highest BCUT2D eigenvalue weighted by molar-refractivity contribution is 6.60. The number of hydrogen-bond acceptors (Lipinski definition) is 3. The van der Waals surface area contributed by atoms with Crippen LogP contribution in [0.4, 0.5) is 22.0 Å². The molecule has 0 atom stereocenters. The molecule has 3 nitrogen and oxygen atoms in total. The SMILES string of the molecule is CC(C)O[Si](CCCCCc1c(F)c(F)c(F)c(F)c1F)(OC(C)C)OC(C)C. The molecule has 1 rings (SSSR count). The van der Waals surface area contributed by atoms with E-state index in [1.807, 2.05) is 41.5 Å². The maximum atomic E-state index is 13.8. The summed E-state index contributed by atoms with van der Waals surface area (Å²) in [5.74, 6) is -9.49. The Morgan fingerprint density at radius 3 is 1.34 bits per heavy atom. The van der Waals surface area contributed by atoms with Crippen LogP contribution in [0.5, 0.6) is 0 Å². The molecule has 0 aliphatic heterocycles. The van der Waals surface area contributed by atoms with Crippen LogP contribution in [0.25, 0.3) is 0 Å². The fraction of sp³-hybridized carbons (Fsp3) is 0.700. The van der Waals surface area contributed by atoms with Gasteiger partial charge < -0.3 is 13.3 Å². The normalized spacial score (nSPS) is 12.6. The zero-order chi connectivity index (χ0) is 22.4. The van der Waals surface area contributed by atoms with Gasteiger partial charge in [0, 0.05) is 29.9 Å². The molecule has 0 bridgehead atoms. The first-order valence-electron chi connectivity index (χ1n) is 9.94. The molecule has 0 saturated carbocycles. The number of unbranched alkanes of at least 4 members (excludes halogenated alkanes) is 2. The van der Waals surface area contributed by atoms with Crippen LogP contribution in [-0.2, 0) is 19.7 Å². The number of benzene rings is 1. The Balaban J connectivity index is 2.77. The summed E-state index contributed by atoms with van der Waals surface area (Å²) in [4.78, 5) is 0. The molecule has 9 heteroatoms. The van der Waals surface area contributed by atoms with Gasteiger partial charge in [0.25, 0.3) is 0 Å². The lowest BCUT2D eigenvalue weighted by Gasteiger charge is -2.34. The predicted octanol–water partition coefficient (Wildman–Crippen LogP) is 6.31. The largest absolute Gasteiger partial charge is 0.501 e. The molecule has 0 N–H and O–H groups in total. The highest BCUT2D eigenvalue weighted by Gasteiger charge is 2.43. The van der Waals surface area contributed by atoms with E-state index in [9.17, 15) is 22.0 Å². The molecular weight excluding hydrogens is 411 g/mol. The summed E-state index contributed by atoms with van der Waals surface area (Å²) in [6, 6.07) is 0.499. The van der Waals surface area contributed by atoms with Crippen molar-refractivity contribution in [3.05, 3.63) is 34.6 Å². The topological polar surface area (TPSA) is 27.7 Å². The van der Waals surface area contributed by atoms with Crippen LogP contribution in [0.3, 0.4) is 0 Å². The molecule has 0 aliphatic carbocycles. The van der Waals surface area contributed by atoms with Crippen LogP contribution in [0, 0.1) is 29.1 Å². The molecule has 0 spiro atoms. The first-order valence-corrected chi connectivity index (χ1v) is 11.9. The third-order valence-corrected chi connectivity index (χ3v) is 7.41. The number of rotatable bonds is 12. The Morgan fingerprint density at radius 2 is 0.966 bits per heavy atom. The molecule has 29 heavy (non-hydrogen) atoms. The van der Waals surface area contributed by atoms with Gasteiger partial charge >= 0.3 is 8.80 Å². The van der Waals surface area contributed by atoms with Gasteiger partial charge in [0.05, 0.1) is 0 Å². The lowest BCUT2D eigenvalue weighted by Crippen LogP contribution is -2.50. The first kappa shape index (κ1) is 26.0. The van der Waals surface area contributed by atoms with Crippen molar-refractivity contribution in [2.24, 2.45) is 0 Å². The zero-order valence-corrected chi connectivity index (χ0v) is 18.9. The molecule has 1 aromatic carbocycles. The average Bonchev–Trinajstić information content (AvgIpc) is 2.58. The van der Waals surface area contributed by atoms with Crippen LogP contribution in [-0.4, -0.2) is 27.1 Å². The molecule has 0 fully saturated rings. The van der Waals surface area contributed by atoms with Crippen LogP contribution in [0.15, 0.2) is 0 Å². The van der Waals surface area contributed by atoms with Gasteiger partial charge in [-0.25, -0.2) is 22.0 Å². The van der Waals surface area contributed by atoms with E-state index in [2.05, 4.69) is 0 Å². The summed E-state index contributed by atoms with van der Waals surface area (Å²) in [6.07, 6.45) is 0.773.